The maximum Gasteiger partial charge on any atom is 0.328 e. The van der Waals surface area contributed by atoms with Crippen LogP contribution in [0.15, 0.2) is 0 Å². The molecule has 2 aliphatic carbocycles. The number of hydrogen-bond acceptors (Lipinski definition) is 6. The summed E-state index contributed by atoms with van der Waals surface area (Å²) < 4.78 is 47.6. The summed E-state index contributed by atoms with van der Waals surface area (Å²) in [7, 11) is -4.58. The van der Waals surface area contributed by atoms with Crippen LogP contribution in [0.3, 0.4) is 0 Å². The Morgan fingerprint density at radius 1 is 0.946 bits per heavy atom. The van der Waals surface area contributed by atoms with E-state index in [9.17, 15) is 4.57 Å². The SMILES string of the molecule is [3H]N(C)P(=C)(OCC1(C)CC(C)C(C)C1OP(C)(=O)OC(C)(C)C)OC1C(C)C(C)CC1(C)CC(C)(C)C. The fourth-order valence-corrected chi connectivity index (χ4v) is 10.7. The van der Waals surface area contributed by atoms with Crippen molar-refractivity contribution < 1.29 is 24.1 Å². The van der Waals surface area contributed by atoms with Gasteiger partial charge >= 0.3 is 7.60 Å². The Kier molecular flexibility index (Phi) is 9.73. The molecular formula is C29H59NO5P2. The average Bonchev–Trinajstić information content (AvgIpc) is 3.01. The van der Waals surface area contributed by atoms with Crippen LogP contribution in [0.5, 0.6) is 0 Å². The lowest BCUT2D eigenvalue weighted by Crippen LogP contribution is -2.39. The molecule has 220 valence electrons. The lowest BCUT2D eigenvalue weighted by molar-refractivity contribution is -0.00883. The molecule has 0 radical (unpaired) electrons. The predicted molar refractivity (Wildman–Crippen MR) is 159 cm³/mol. The fourth-order valence-electron chi connectivity index (χ4n) is 7.20. The Labute approximate surface area is 230 Å². The van der Waals surface area contributed by atoms with E-state index in [4.69, 9.17) is 19.5 Å². The summed E-state index contributed by atoms with van der Waals surface area (Å²) in [5, 5.41) is 1.30. The third-order valence-electron chi connectivity index (χ3n) is 8.56. The van der Waals surface area contributed by atoms with Crippen molar-refractivity contribution in [1.82, 2.24) is 5.08 Å². The molecule has 6 nitrogen and oxygen atoms in total. The molecule has 2 fully saturated rings. The first kappa shape index (κ1) is 31.9. The monoisotopic (exact) mass is 565 g/mol. The van der Waals surface area contributed by atoms with Crippen LogP contribution in [-0.4, -0.2) is 44.4 Å². The molecule has 0 aromatic carbocycles. The van der Waals surface area contributed by atoms with Crippen LogP contribution in [0.2, 0.25) is 1.41 Å². The van der Waals surface area contributed by atoms with Crippen LogP contribution < -0.4 is 5.08 Å². The van der Waals surface area contributed by atoms with Gasteiger partial charge in [-0.1, -0.05) is 62.3 Å². The molecule has 0 saturated heterocycles. The van der Waals surface area contributed by atoms with Crippen molar-refractivity contribution in [3.8, 4) is 0 Å². The second-order valence-electron chi connectivity index (χ2n) is 15.3. The predicted octanol–water partition coefficient (Wildman–Crippen LogP) is 8.63. The average molecular weight is 566 g/mol. The summed E-state index contributed by atoms with van der Waals surface area (Å²) in [4.78, 5) is 0. The van der Waals surface area contributed by atoms with E-state index in [1.54, 1.807) is 13.7 Å². The van der Waals surface area contributed by atoms with Crippen molar-refractivity contribution >= 4 is 21.4 Å². The second-order valence-corrected chi connectivity index (χ2v) is 19.3. The molecule has 0 heterocycles. The minimum absolute atomic E-state index is 0.0233. The largest absolute Gasteiger partial charge is 0.328 e. The molecular weight excluding hydrogens is 504 g/mol. The molecule has 2 aliphatic rings. The molecule has 0 bridgehead atoms. The van der Waals surface area contributed by atoms with Crippen LogP contribution in [0, 0.1) is 39.9 Å². The first-order valence-electron chi connectivity index (χ1n) is 14.5. The zero-order valence-corrected chi connectivity index (χ0v) is 28.2. The van der Waals surface area contributed by atoms with Gasteiger partial charge in [0.15, 0.2) is 7.49 Å². The van der Waals surface area contributed by atoms with Crippen LogP contribution in [0.4, 0.5) is 0 Å². The van der Waals surface area contributed by atoms with Gasteiger partial charge in [0.25, 0.3) is 0 Å². The van der Waals surface area contributed by atoms with Crippen molar-refractivity contribution in [2.45, 2.75) is 120 Å². The van der Waals surface area contributed by atoms with Crippen molar-refractivity contribution in [2.24, 2.45) is 39.9 Å². The van der Waals surface area contributed by atoms with Crippen molar-refractivity contribution in [3.63, 3.8) is 0 Å². The summed E-state index contributed by atoms with van der Waals surface area (Å²) >= 11 is 0. The van der Waals surface area contributed by atoms with E-state index >= 15 is 0 Å². The molecule has 10 unspecified atom stereocenters. The van der Waals surface area contributed by atoms with Crippen LogP contribution in [0.1, 0.15) is 102 Å². The van der Waals surface area contributed by atoms with E-state index in [1.807, 2.05) is 20.8 Å². The number of rotatable bonds is 10. The normalized spacial score (nSPS) is 41.0. The Hall–Kier alpha value is 0.330. The quantitative estimate of drug-likeness (QED) is 0.268. The van der Waals surface area contributed by atoms with Gasteiger partial charge in [-0.3, -0.25) is 9.65 Å². The molecule has 0 amide bonds. The molecule has 2 rings (SSSR count). The minimum Gasteiger partial charge on any atom is -0.326 e. The summed E-state index contributed by atoms with van der Waals surface area (Å²) in [6.45, 7) is 27.8. The zero-order chi connectivity index (χ0) is 29.7. The molecule has 0 aliphatic heterocycles. The van der Waals surface area contributed by atoms with Gasteiger partial charge in [-0.05, 0) is 87.9 Å². The Bertz CT molecular complexity index is 916. The summed E-state index contributed by atoms with van der Waals surface area (Å²) in [5.74, 6) is 1.40. The van der Waals surface area contributed by atoms with Gasteiger partial charge in [0.2, 0.25) is 0 Å². The number of hydrogen-bond donors (Lipinski definition) is 1. The van der Waals surface area contributed by atoms with E-state index in [0.717, 1.165) is 19.3 Å². The van der Waals surface area contributed by atoms with Gasteiger partial charge in [-0.25, -0.2) is 0 Å². The third-order valence-corrected chi connectivity index (χ3v) is 11.7. The molecule has 2 saturated carbocycles. The minimum atomic E-state index is -3.31. The highest BCUT2D eigenvalue weighted by Gasteiger charge is 2.53. The summed E-state index contributed by atoms with van der Waals surface area (Å²) in [6, 6.07) is 0. The number of nitrogens with one attached hydrogen (secondary N) is 1. The molecule has 8 heteroatoms. The van der Waals surface area contributed by atoms with E-state index in [2.05, 4.69) is 68.6 Å². The first-order chi connectivity index (χ1) is 16.8. The van der Waals surface area contributed by atoms with Crippen LogP contribution >= 0.6 is 15.1 Å². The maximum absolute atomic E-state index is 13.4. The molecule has 0 aromatic heterocycles. The molecule has 10 atom stereocenters. The molecule has 0 aromatic rings. The lowest BCUT2D eigenvalue weighted by Gasteiger charge is -2.42. The molecule has 1 N–H and O–H groups in total. The highest BCUT2D eigenvalue weighted by molar-refractivity contribution is 7.62. The Morgan fingerprint density at radius 2 is 1.41 bits per heavy atom. The highest BCUT2D eigenvalue weighted by Crippen LogP contribution is 2.61. The van der Waals surface area contributed by atoms with Crippen LogP contribution in [0.25, 0.3) is 0 Å². The van der Waals surface area contributed by atoms with Gasteiger partial charge in [-0.2, -0.15) is 0 Å². The smallest absolute Gasteiger partial charge is 0.326 e. The zero-order valence-electron chi connectivity index (χ0n) is 27.4. The fraction of sp³-hybridized carbons (Fsp3) is 0.966. The van der Waals surface area contributed by atoms with Gasteiger partial charge in [-0.15, -0.1) is 0 Å². The lowest BCUT2D eigenvalue weighted by atomic mass is 9.72. The second kappa shape index (κ2) is 11.3. The van der Waals surface area contributed by atoms with E-state index in [-0.39, 0.29) is 29.0 Å². The van der Waals surface area contributed by atoms with Crippen LogP contribution in [-0.2, 0) is 22.7 Å². The third kappa shape index (κ3) is 8.66. The maximum atomic E-state index is 13.4. The van der Waals surface area contributed by atoms with E-state index in [0.29, 0.717) is 24.4 Å². The van der Waals surface area contributed by atoms with Crippen molar-refractivity contribution in [1.29, 1.82) is 0 Å². The highest BCUT2D eigenvalue weighted by atomic mass is 31.2. The first-order valence-corrected chi connectivity index (χ1v) is 17.8. The van der Waals surface area contributed by atoms with E-state index < -0.39 is 26.1 Å². The van der Waals surface area contributed by atoms with Gasteiger partial charge in [0.05, 0.1) is 24.4 Å². The van der Waals surface area contributed by atoms with E-state index in [1.165, 1.54) is 5.08 Å². The molecule has 37 heavy (non-hydrogen) atoms. The van der Waals surface area contributed by atoms with Crippen molar-refractivity contribution in [3.05, 3.63) is 0 Å². The van der Waals surface area contributed by atoms with Gasteiger partial charge in [0.1, 0.15) is 1.41 Å². The Balaban J connectivity index is 2.30. The summed E-state index contributed by atoms with van der Waals surface area (Å²) in [6.07, 6.45) is 7.03. The standard InChI is InChI=1S/C29H59NO5P2/c1-20-16-28(11,18-26(5,6)7)24(22(20)3)33-36(14,30-13)32-19-29(12)17-21(2)23(4)25(29)34-37(15,31)35-27(8,9)10/h20-25,30H,14,16-19H2,1-13,15H3/i/hT. The Morgan fingerprint density at radius 3 is 1.84 bits per heavy atom. The van der Waals surface area contributed by atoms with Gasteiger partial charge in [0, 0.05) is 12.1 Å². The van der Waals surface area contributed by atoms with Crippen molar-refractivity contribution in [2.75, 3.05) is 20.3 Å². The molecule has 0 spiro atoms. The topological polar surface area (TPSA) is 66.0 Å². The summed E-state index contributed by atoms with van der Waals surface area (Å²) in [5.41, 5.74) is -0.857. The van der Waals surface area contributed by atoms with Gasteiger partial charge < -0.3 is 18.1 Å².